The molecular weight excluding hydrogens is 432 g/mol. The van der Waals surface area contributed by atoms with Crippen LogP contribution in [0.2, 0.25) is 10.0 Å². The number of hydrogen-bond donors (Lipinski definition) is 0. The Labute approximate surface area is 171 Å². The van der Waals surface area contributed by atoms with Gasteiger partial charge < -0.3 is 0 Å². The lowest BCUT2D eigenvalue weighted by Crippen LogP contribution is -2.39. The molecule has 0 amide bonds. The minimum absolute atomic E-state index is 0.00260. The molecule has 0 saturated carbocycles. The predicted molar refractivity (Wildman–Crippen MR) is 110 cm³/mol. The van der Waals surface area contributed by atoms with Crippen LogP contribution in [0, 0.1) is 5.82 Å². The Morgan fingerprint density at radius 3 is 2.30 bits per heavy atom. The van der Waals surface area contributed by atoms with Crippen LogP contribution < -0.4 is 4.31 Å². The highest BCUT2D eigenvalue weighted by Crippen LogP contribution is 2.32. The number of nitrogens with zero attached hydrogens (tertiary/aromatic N) is 1. The highest BCUT2D eigenvalue weighted by atomic mass is 35.5. The SMILES string of the molecule is CC(CCC[S@@](C)=O)N(c1cc(Cl)ccc1F)S(=O)(=O)c1ccc(Cl)cc1. The number of rotatable bonds is 8. The van der Waals surface area contributed by atoms with Crippen molar-refractivity contribution in [3.63, 3.8) is 0 Å². The summed E-state index contributed by atoms with van der Waals surface area (Å²) in [7, 11) is -5.05. The first-order valence-electron chi connectivity index (χ1n) is 8.18. The maximum Gasteiger partial charge on any atom is 0.264 e. The minimum atomic E-state index is -4.06. The fraction of sp³-hybridized carbons (Fsp3) is 0.333. The standard InChI is InChI=1S/C18H20Cl2FNO3S2/c1-13(4-3-11-26(2)23)22(18-12-15(20)7-10-17(18)21)27(24,25)16-8-5-14(19)6-9-16/h5-10,12-13H,3-4,11H2,1-2H3/t13?,26-/m1/s1. The summed E-state index contributed by atoms with van der Waals surface area (Å²) in [6.07, 6.45) is 2.54. The van der Waals surface area contributed by atoms with Crippen molar-refractivity contribution in [1.29, 1.82) is 0 Å². The number of halogens is 3. The van der Waals surface area contributed by atoms with Crippen LogP contribution in [0.4, 0.5) is 10.1 Å². The Hall–Kier alpha value is -1.15. The molecule has 4 nitrogen and oxygen atoms in total. The molecular formula is C18H20Cl2FNO3S2. The molecule has 1 unspecified atom stereocenters. The normalized spacial score (nSPS) is 14.0. The van der Waals surface area contributed by atoms with Crippen LogP contribution in [0.15, 0.2) is 47.4 Å². The van der Waals surface area contributed by atoms with Crippen molar-refractivity contribution in [3.8, 4) is 0 Å². The predicted octanol–water partition coefficient (Wildman–Crippen LogP) is 4.88. The molecule has 9 heteroatoms. The van der Waals surface area contributed by atoms with E-state index in [0.717, 1.165) is 10.4 Å². The lowest BCUT2D eigenvalue weighted by Gasteiger charge is -2.31. The van der Waals surface area contributed by atoms with Gasteiger partial charge in [0.2, 0.25) is 0 Å². The number of benzene rings is 2. The second-order valence-electron chi connectivity index (χ2n) is 6.12. The Kier molecular flexibility index (Phi) is 7.68. The van der Waals surface area contributed by atoms with E-state index >= 15 is 0 Å². The number of anilines is 1. The van der Waals surface area contributed by atoms with Crippen LogP contribution in [-0.2, 0) is 20.8 Å². The zero-order valence-corrected chi connectivity index (χ0v) is 18.0. The lowest BCUT2D eigenvalue weighted by atomic mass is 10.2. The quantitative estimate of drug-likeness (QED) is 0.574. The van der Waals surface area contributed by atoms with E-state index in [1.807, 2.05) is 0 Å². The van der Waals surface area contributed by atoms with Crippen molar-refractivity contribution >= 4 is 49.7 Å². The molecule has 148 valence electrons. The monoisotopic (exact) mass is 451 g/mol. The topological polar surface area (TPSA) is 54.5 Å². The molecule has 2 aromatic carbocycles. The third-order valence-electron chi connectivity index (χ3n) is 3.97. The van der Waals surface area contributed by atoms with Gasteiger partial charge >= 0.3 is 0 Å². The van der Waals surface area contributed by atoms with Gasteiger partial charge in [0, 0.05) is 38.9 Å². The van der Waals surface area contributed by atoms with Gasteiger partial charge in [-0.25, -0.2) is 12.8 Å². The Balaban J connectivity index is 2.50. The average molecular weight is 452 g/mol. The first kappa shape index (κ1) is 22.1. The van der Waals surface area contributed by atoms with Crippen LogP contribution >= 0.6 is 23.2 Å². The largest absolute Gasteiger partial charge is 0.264 e. The molecule has 0 saturated heterocycles. The molecule has 0 aliphatic carbocycles. The van der Waals surface area contributed by atoms with E-state index in [2.05, 4.69) is 0 Å². The summed E-state index contributed by atoms with van der Waals surface area (Å²) in [5.74, 6) is -0.250. The molecule has 0 heterocycles. The molecule has 0 bridgehead atoms. The first-order valence-corrected chi connectivity index (χ1v) is 12.1. The summed E-state index contributed by atoms with van der Waals surface area (Å²) in [5.41, 5.74) is -0.123. The van der Waals surface area contributed by atoms with Crippen molar-refractivity contribution in [2.24, 2.45) is 0 Å². The third-order valence-corrected chi connectivity index (χ3v) is 7.26. The smallest absolute Gasteiger partial charge is 0.261 e. The van der Waals surface area contributed by atoms with Gasteiger partial charge in [-0.1, -0.05) is 23.2 Å². The van der Waals surface area contributed by atoms with Crippen LogP contribution in [0.1, 0.15) is 19.8 Å². The zero-order valence-electron chi connectivity index (χ0n) is 14.9. The molecule has 0 spiro atoms. The maximum atomic E-state index is 14.5. The Morgan fingerprint density at radius 1 is 1.11 bits per heavy atom. The van der Waals surface area contributed by atoms with Crippen molar-refractivity contribution in [2.45, 2.75) is 30.7 Å². The van der Waals surface area contributed by atoms with E-state index in [1.165, 1.54) is 36.4 Å². The van der Waals surface area contributed by atoms with E-state index < -0.39 is 32.7 Å². The molecule has 2 atom stereocenters. The number of hydrogen-bond acceptors (Lipinski definition) is 3. The maximum absolute atomic E-state index is 14.5. The van der Waals surface area contributed by atoms with Gasteiger partial charge in [0.25, 0.3) is 10.0 Å². The summed E-state index contributed by atoms with van der Waals surface area (Å²) >= 11 is 11.8. The Morgan fingerprint density at radius 2 is 1.70 bits per heavy atom. The second kappa shape index (κ2) is 9.37. The van der Waals surface area contributed by atoms with E-state index in [-0.39, 0.29) is 15.6 Å². The highest BCUT2D eigenvalue weighted by Gasteiger charge is 2.31. The number of sulfonamides is 1. The second-order valence-corrected chi connectivity index (χ2v) is 10.4. The fourth-order valence-electron chi connectivity index (χ4n) is 2.68. The highest BCUT2D eigenvalue weighted by molar-refractivity contribution is 7.92. The van der Waals surface area contributed by atoms with E-state index in [4.69, 9.17) is 23.2 Å². The third kappa shape index (κ3) is 5.67. The zero-order chi connectivity index (χ0) is 20.2. The molecule has 0 aliphatic rings. The molecule has 0 aromatic heterocycles. The van der Waals surface area contributed by atoms with Gasteiger partial charge in [-0.2, -0.15) is 0 Å². The van der Waals surface area contributed by atoms with Crippen LogP contribution in [0.5, 0.6) is 0 Å². The van der Waals surface area contributed by atoms with Gasteiger partial charge in [0.05, 0.1) is 10.6 Å². The minimum Gasteiger partial charge on any atom is -0.261 e. The summed E-state index contributed by atoms with van der Waals surface area (Å²) < 4.78 is 53.4. The summed E-state index contributed by atoms with van der Waals surface area (Å²) in [4.78, 5) is -0.00260. The van der Waals surface area contributed by atoms with E-state index in [9.17, 15) is 17.0 Å². The molecule has 0 radical (unpaired) electrons. The molecule has 2 aromatic rings. The van der Waals surface area contributed by atoms with Gasteiger partial charge in [-0.15, -0.1) is 0 Å². The van der Waals surface area contributed by atoms with Crippen LogP contribution in [-0.4, -0.2) is 30.7 Å². The van der Waals surface area contributed by atoms with Crippen molar-refractivity contribution < 1.29 is 17.0 Å². The first-order chi connectivity index (χ1) is 12.6. The van der Waals surface area contributed by atoms with Crippen molar-refractivity contribution in [3.05, 3.63) is 58.3 Å². The van der Waals surface area contributed by atoms with Gasteiger partial charge in [-0.05, 0) is 62.2 Å². The summed E-state index contributed by atoms with van der Waals surface area (Å²) in [6, 6.07) is 8.90. The van der Waals surface area contributed by atoms with Crippen molar-refractivity contribution in [1.82, 2.24) is 0 Å². The molecule has 0 N–H and O–H groups in total. The van der Waals surface area contributed by atoms with Gasteiger partial charge in [-0.3, -0.25) is 8.51 Å². The molecule has 2 rings (SSSR count). The molecule has 0 aliphatic heterocycles. The van der Waals surface area contributed by atoms with Gasteiger partial charge in [0.15, 0.2) is 0 Å². The van der Waals surface area contributed by atoms with Crippen molar-refractivity contribution in [2.75, 3.05) is 16.3 Å². The lowest BCUT2D eigenvalue weighted by molar-refractivity contribution is 0.560. The summed E-state index contributed by atoms with van der Waals surface area (Å²) in [6.45, 7) is 1.69. The van der Waals surface area contributed by atoms with Crippen LogP contribution in [0.3, 0.4) is 0 Å². The average Bonchev–Trinajstić information content (AvgIpc) is 2.58. The van der Waals surface area contributed by atoms with E-state index in [1.54, 1.807) is 13.2 Å². The van der Waals surface area contributed by atoms with E-state index in [0.29, 0.717) is 23.6 Å². The molecule has 27 heavy (non-hydrogen) atoms. The summed E-state index contributed by atoms with van der Waals surface area (Å²) in [5, 5.41) is 0.623. The fourth-order valence-corrected chi connectivity index (χ4v) is 5.23. The van der Waals surface area contributed by atoms with Gasteiger partial charge in [0.1, 0.15) is 5.82 Å². The van der Waals surface area contributed by atoms with Crippen LogP contribution in [0.25, 0.3) is 0 Å². The molecule has 0 fully saturated rings. The Bertz CT molecular complexity index is 921.